The van der Waals surface area contributed by atoms with Crippen molar-refractivity contribution in [2.24, 2.45) is 0 Å². The molecule has 0 saturated heterocycles. The van der Waals surface area contributed by atoms with Crippen molar-refractivity contribution in [1.82, 2.24) is 4.98 Å². The zero-order valence-electron chi connectivity index (χ0n) is 12.8. The summed E-state index contributed by atoms with van der Waals surface area (Å²) >= 11 is 0. The molecule has 114 valence electrons. The minimum Gasteiger partial charge on any atom is -0.396 e. The van der Waals surface area contributed by atoms with Gasteiger partial charge in [-0.05, 0) is 30.2 Å². The van der Waals surface area contributed by atoms with Crippen LogP contribution >= 0.6 is 0 Å². The zero-order chi connectivity index (χ0) is 16.2. The number of aldehydes is 1. The summed E-state index contributed by atoms with van der Waals surface area (Å²) in [6.45, 7) is 1.95. The third-order valence-electron chi connectivity index (χ3n) is 3.61. The standard InChI is InChI=1S/C19H17N3O/c1-13-10-17(20)19(21-11-13)22-18-9-5-4-8-16(18)15-7-3-2-6-14(15)12-23/h2-12H,20H2,1H3,(H,21,22). The van der Waals surface area contributed by atoms with Gasteiger partial charge in [0.15, 0.2) is 12.1 Å². The highest BCUT2D eigenvalue weighted by atomic mass is 16.1. The SMILES string of the molecule is Cc1cnc(Nc2ccccc2-c2ccccc2C=O)c(N)c1. The number of aromatic nitrogens is 1. The van der Waals surface area contributed by atoms with E-state index in [-0.39, 0.29) is 0 Å². The largest absolute Gasteiger partial charge is 0.396 e. The van der Waals surface area contributed by atoms with E-state index >= 15 is 0 Å². The van der Waals surface area contributed by atoms with Gasteiger partial charge in [-0.3, -0.25) is 4.79 Å². The van der Waals surface area contributed by atoms with Gasteiger partial charge in [0.25, 0.3) is 0 Å². The topological polar surface area (TPSA) is 68.0 Å². The van der Waals surface area contributed by atoms with Gasteiger partial charge < -0.3 is 11.1 Å². The molecule has 3 rings (SSSR count). The van der Waals surface area contributed by atoms with Gasteiger partial charge in [-0.15, -0.1) is 0 Å². The van der Waals surface area contributed by atoms with Crippen LogP contribution in [0.2, 0.25) is 0 Å². The van der Waals surface area contributed by atoms with Crippen molar-refractivity contribution in [2.45, 2.75) is 6.92 Å². The Labute approximate surface area is 135 Å². The molecule has 0 radical (unpaired) electrons. The minimum absolute atomic E-state index is 0.587. The van der Waals surface area contributed by atoms with E-state index in [9.17, 15) is 4.79 Å². The fraction of sp³-hybridized carbons (Fsp3) is 0.0526. The Kier molecular flexibility index (Phi) is 4.06. The number of carbonyl (C=O) groups is 1. The first-order valence-electron chi connectivity index (χ1n) is 7.32. The first kappa shape index (κ1) is 14.8. The number of nitrogen functional groups attached to an aromatic ring is 1. The van der Waals surface area contributed by atoms with E-state index in [0.29, 0.717) is 17.1 Å². The van der Waals surface area contributed by atoms with Crippen molar-refractivity contribution in [3.05, 3.63) is 71.9 Å². The first-order chi connectivity index (χ1) is 11.2. The number of hydrogen-bond donors (Lipinski definition) is 2. The van der Waals surface area contributed by atoms with E-state index in [4.69, 9.17) is 5.73 Å². The van der Waals surface area contributed by atoms with Crippen LogP contribution in [0.15, 0.2) is 60.8 Å². The lowest BCUT2D eigenvalue weighted by Crippen LogP contribution is -2.01. The van der Waals surface area contributed by atoms with Gasteiger partial charge in [0, 0.05) is 23.0 Å². The molecule has 4 heteroatoms. The molecule has 0 aliphatic rings. The molecule has 0 atom stereocenters. The summed E-state index contributed by atoms with van der Waals surface area (Å²) < 4.78 is 0. The molecule has 3 N–H and O–H groups in total. The summed E-state index contributed by atoms with van der Waals surface area (Å²) in [6, 6.07) is 17.1. The van der Waals surface area contributed by atoms with Crippen molar-refractivity contribution in [3.63, 3.8) is 0 Å². The molecule has 0 aliphatic carbocycles. The zero-order valence-corrected chi connectivity index (χ0v) is 12.8. The highest BCUT2D eigenvalue weighted by Crippen LogP contribution is 2.32. The molecule has 0 aliphatic heterocycles. The average Bonchev–Trinajstić information content (AvgIpc) is 2.58. The molecule has 4 nitrogen and oxygen atoms in total. The number of hydrogen-bond acceptors (Lipinski definition) is 4. The van der Waals surface area contributed by atoms with Crippen LogP contribution in [-0.2, 0) is 0 Å². The monoisotopic (exact) mass is 303 g/mol. The lowest BCUT2D eigenvalue weighted by molar-refractivity contribution is 0.112. The average molecular weight is 303 g/mol. The molecule has 23 heavy (non-hydrogen) atoms. The molecule has 0 unspecified atom stereocenters. The number of nitrogens with zero attached hydrogens (tertiary/aromatic N) is 1. The van der Waals surface area contributed by atoms with Crippen molar-refractivity contribution >= 4 is 23.5 Å². The van der Waals surface area contributed by atoms with Gasteiger partial charge in [-0.25, -0.2) is 4.98 Å². The van der Waals surface area contributed by atoms with Crippen molar-refractivity contribution in [1.29, 1.82) is 0 Å². The number of nitrogens with one attached hydrogen (secondary N) is 1. The van der Waals surface area contributed by atoms with Crippen molar-refractivity contribution < 1.29 is 4.79 Å². The van der Waals surface area contributed by atoms with Crippen LogP contribution in [-0.4, -0.2) is 11.3 Å². The molecule has 0 amide bonds. The number of nitrogens with two attached hydrogens (primary N) is 1. The van der Waals surface area contributed by atoms with Crippen LogP contribution in [0.1, 0.15) is 15.9 Å². The van der Waals surface area contributed by atoms with E-state index in [0.717, 1.165) is 28.7 Å². The number of carbonyl (C=O) groups excluding carboxylic acids is 1. The molecule has 1 heterocycles. The first-order valence-corrected chi connectivity index (χ1v) is 7.32. The number of aryl methyl sites for hydroxylation is 1. The molecule has 0 bridgehead atoms. The van der Waals surface area contributed by atoms with Gasteiger partial charge in [0.05, 0.1) is 5.69 Å². The molecule has 1 aromatic heterocycles. The van der Waals surface area contributed by atoms with Gasteiger partial charge in [0.1, 0.15) is 0 Å². The molecular weight excluding hydrogens is 286 g/mol. The Morgan fingerprint density at radius 3 is 2.48 bits per heavy atom. The fourth-order valence-electron chi connectivity index (χ4n) is 2.50. The normalized spacial score (nSPS) is 10.3. The second-order valence-electron chi connectivity index (χ2n) is 5.33. The summed E-state index contributed by atoms with van der Waals surface area (Å²) in [5, 5.41) is 3.27. The molecule has 0 spiro atoms. The van der Waals surface area contributed by atoms with Gasteiger partial charge in [-0.1, -0.05) is 42.5 Å². The highest BCUT2D eigenvalue weighted by molar-refractivity contribution is 5.92. The summed E-state index contributed by atoms with van der Waals surface area (Å²) in [5.41, 5.74) is 10.9. The quantitative estimate of drug-likeness (QED) is 0.709. The molecule has 0 fully saturated rings. The van der Waals surface area contributed by atoms with Gasteiger partial charge in [-0.2, -0.15) is 0 Å². The third-order valence-corrected chi connectivity index (χ3v) is 3.61. The van der Waals surface area contributed by atoms with Crippen molar-refractivity contribution in [2.75, 3.05) is 11.1 Å². The molecule has 0 saturated carbocycles. The van der Waals surface area contributed by atoms with Crippen LogP contribution in [0, 0.1) is 6.92 Å². The minimum atomic E-state index is 0.587. The maximum atomic E-state index is 11.3. The summed E-state index contributed by atoms with van der Waals surface area (Å²) in [7, 11) is 0. The number of rotatable bonds is 4. The van der Waals surface area contributed by atoms with Crippen LogP contribution in [0.5, 0.6) is 0 Å². The number of para-hydroxylation sites is 1. The van der Waals surface area contributed by atoms with E-state index in [1.165, 1.54) is 0 Å². The number of anilines is 3. The predicted molar refractivity (Wildman–Crippen MR) is 93.9 cm³/mol. The Morgan fingerprint density at radius 1 is 1.04 bits per heavy atom. The predicted octanol–water partition coefficient (Wildman–Crippen LogP) is 4.20. The highest BCUT2D eigenvalue weighted by Gasteiger charge is 2.10. The van der Waals surface area contributed by atoms with E-state index in [1.54, 1.807) is 12.3 Å². The lowest BCUT2D eigenvalue weighted by atomic mass is 9.99. The van der Waals surface area contributed by atoms with Gasteiger partial charge >= 0.3 is 0 Å². The second kappa shape index (κ2) is 6.32. The maximum Gasteiger partial charge on any atom is 0.153 e. The third kappa shape index (κ3) is 3.06. The Morgan fingerprint density at radius 2 is 1.74 bits per heavy atom. The van der Waals surface area contributed by atoms with Crippen molar-refractivity contribution in [3.8, 4) is 11.1 Å². The van der Waals surface area contributed by atoms with Crippen LogP contribution < -0.4 is 11.1 Å². The Balaban J connectivity index is 2.06. The van der Waals surface area contributed by atoms with E-state index < -0.39 is 0 Å². The van der Waals surface area contributed by atoms with Crippen LogP contribution in [0.4, 0.5) is 17.2 Å². The number of benzene rings is 2. The Hall–Kier alpha value is -3.14. The molecule has 2 aromatic carbocycles. The summed E-state index contributed by atoms with van der Waals surface area (Å²) in [6.07, 6.45) is 2.63. The molecular formula is C19H17N3O. The second-order valence-corrected chi connectivity index (χ2v) is 5.33. The fourth-order valence-corrected chi connectivity index (χ4v) is 2.50. The Bertz CT molecular complexity index is 859. The molecule has 3 aromatic rings. The number of pyridine rings is 1. The van der Waals surface area contributed by atoms with E-state index in [1.807, 2.05) is 55.5 Å². The van der Waals surface area contributed by atoms with Crippen LogP contribution in [0.3, 0.4) is 0 Å². The summed E-state index contributed by atoms with van der Waals surface area (Å²) in [5.74, 6) is 0.603. The lowest BCUT2D eigenvalue weighted by Gasteiger charge is -2.14. The van der Waals surface area contributed by atoms with E-state index in [2.05, 4.69) is 10.3 Å². The van der Waals surface area contributed by atoms with Crippen LogP contribution in [0.25, 0.3) is 11.1 Å². The smallest absolute Gasteiger partial charge is 0.153 e. The summed E-state index contributed by atoms with van der Waals surface area (Å²) in [4.78, 5) is 15.7. The van der Waals surface area contributed by atoms with Gasteiger partial charge in [0.2, 0.25) is 0 Å². The maximum absolute atomic E-state index is 11.3.